The molecule has 0 aromatic carbocycles. The molecule has 116 valence electrons. The van der Waals surface area contributed by atoms with E-state index in [0.717, 1.165) is 29.3 Å². The summed E-state index contributed by atoms with van der Waals surface area (Å²) in [7, 11) is 0. The Morgan fingerprint density at radius 3 is 2.64 bits per heavy atom. The molecule has 0 spiro atoms. The fourth-order valence-electron chi connectivity index (χ4n) is 2.69. The maximum absolute atomic E-state index is 11.9. The number of amides is 1. The molecule has 0 bridgehead atoms. The highest BCUT2D eigenvalue weighted by Gasteiger charge is 2.11. The summed E-state index contributed by atoms with van der Waals surface area (Å²) in [5.41, 5.74) is 1.03. The number of hydrogen-bond donors (Lipinski definition) is 1. The van der Waals surface area contributed by atoms with Gasteiger partial charge in [-0.25, -0.2) is 4.98 Å². The monoisotopic (exact) mass is 315 g/mol. The third kappa shape index (κ3) is 3.85. The lowest BCUT2D eigenvalue weighted by atomic mass is 10.2. The van der Waals surface area contributed by atoms with E-state index in [1.165, 1.54) is 37.0 Å². The SMILES string of the molecule is O=C(NCc1ccc(N2CCCCCC2)nc1)c1cccs1. The molecular weight excluding hydrogens is 294 g/mol. The minimum Gasteiger partial charge on any atom is -0.357 e. The molecule has 5 heteroatoms. The van der Waals surface area contributed by atoms with Gasteiger partial charge in [0.1, 0.15) is 5.82 Å². The maximum Gasteiger partial charge on any atom is 0.261 e. The molecule has 1 N–H and O–H groups in total. The van der Waals surface area contributed by atoms with Crippen molar-refractivity contribution in [1.29, 1.82) is 0 Å². The van der Waals surface area contributed by atoms with E-state index < -0.39 is 0 Å². The smallest absolute Gasteiger partial charge is 0.261 e. The van der Waals surface area contributed by atoms with Gasteiger partial charge in [-0.05, 0) is 35.9 Å². The molecular formula is C17H21N3OS. The molecule has 0 radical (unpaired) electrons. The molecule has 4 nitrogen and oxygen atoms in total. The van der Waals surface area contributed by atoms with Crippen molar-refractivity contribution in [2.75, 3.05) is 18.0 Å². The molecule has 1 aliphatic rings. The molecule has 2 aromatic rings. The fourth-order valence-corrected chi connectivity index (χ4v) is 3.33. The molecule has 2 aromatic heterocycles. The Hall–Kier alpha value is -1.88. The molecule has 0 atom stereocenters. The number of carbonyl (C=O) groups excluding carboxylic acids is 1. The van der Waals surface area contributed by atoms with Gasteiger partial charge in [-0.2, -0.15) is 0 Å². The van der Waals surface area contributed by atoms with Crippen molar-refractivity contribution in [2.24, 2.45) is 0 Å². The Balaban J connectivity index is 1.56. The van der Waals surface area contributed by atoms with Gasteiger partial charge in [-0.1, -0.05) is 25.0 Å². The van der Waals surface area contributed by atoms with Crippen molar-refractivity contribution >= 4 is 23.1 Å². The number of hydrogen-bond acceptors (Lipinski definition) is 4. The van der Waals surface area contributed by atoms with Crippen LogP contribution in [0.1, 0.15) is 40.9 Å². The van der Waals surface area contributed by atoms with Gasteiger partial charge in [0.2, 0.25) is 0 Å². The van der Waals surface area contributed by atoms with E-state index in [9.17, 15) is 4.79 Å². The zero-order valence-electron chi connectivity index (χ0n) is 12.6. The number of anilines is 1. The molecule has 1 aliphatic heterocycles. The molecule has 22 heavy (non-hydrogen) atoms. The van der Waals surface area contributed by atoms with Crippen LogP contribution in [-0.2, 0) is 6.54 Å². The number of thiophene rings is 1. The molecule has 0 unspecified atom stereocenters. The Morgan fingerprint density at radius 2 is 2.00 bits per heavy atom. The van der Waals surface area contributed by atoms with Crippen LogP contribution >= 0.6 is 11.3 Å². The predicted octanol–water partition coefficient (Wildman–Crippen LogP) is 3.45. The first-order valence-electron chi connectivity index (χ1n) is 7.84. The highest BCUT2D eigenvalue weighted by molar-refractivity contribution is 7.12. The first-order valence-corrected chi connectivity index (χ1v) is 8.72. The lowest BCUT2D eigenvalue weighted by molar-refractivity contribution is 0.0955. The second kappa shape index (κ2) is 7.40. The highest BCUT2D eigenvalue weighted by atomic mass is 32.1. The van der Waals surface area contributed by atoms with Crippen molar-refractivity contribution in [2.45, 2.75) is 32.2 Å². The third-order valence-electron chi connectivity index (χ3n) is 3.94. The number of nitrogens with one attached hydrogen (secondary N) is 1. The summed E-state index contributed by atoms with van der Waals surface area (Å²) >= 11 is 1.46. The van der Waals surface area contributed by atoms with Gasteiger partial charge in [0.15, 0.2) is 0 Å². The van der Waals surface area contributed by atoms with Crippen LogP contribution in [0.15, 0.2) is 35.8 Å². The van der Waals surface area contributed by atoms with E-state index in [1.807, 2.05) is 23.7 Å². The van der Waals surface area contributed by atoms with E-state index in [4.69, 9.17) is 0 Å². The topological polar surface area (TPSA) is 45.2 Å². The standard InChI is InChI=1S/C17H21N3OS/c21-17(15-6-5-11-22-15)19-13-14-7-8-16(18-12-14)20-9-3-1-2-4-10-20/h5-8,11-12H,1-4,9-10,13H2,(H,19,21). The second-order valence-electron chi connectivity index (χ2n) is 5.59. The minimum atomic E-state index is -0.0217. The Morgan fingerprint density at radius 1 is 1.18 bits per heavy atom. The summed E-state index contributed by atoms with van der Waals surface area (Å²) in [5, 5.41) is 4.84. The number of nitrogens with zero attached hydrogens (tertiary/aromatic N) is 2. The average molecular weight is 315 g/mol. The normalized spacial score (nSPS) is 15.4. The van der Waals surface area contributed by atoms with Gasteiger partial charge in [-0.3, -0.25) is 4.79 Å². The quantitative estimate of drug-likeness (QED) is 0.940. The van der Waals surface area contributed by atoms with Crippen molar-refractivity contribution in [3.05, 3.63) is 46.3 Å². The van der Waals surface area contributed by atoms with Crippen LogP contribution in [0.5, 0.6) is 0 Å². The summed E-state index contributed by atoms with van der Waals surface area (Å²) in [6.45, 7) is 2.72. The van der Waals surface area contributed by atoms with Gasteiger partial charge in [0.25, 0.3) is 5.91 Å². The minimum absolute atomic E-state index is 0.0217. The highest BCUT2D eigenvalue weighted by Crippen LogP contribution is 2.17. The number of carbonyl (C=O) groups is 1. The van der Waals surface area contributed by atoms with Gasteiger partial charge in [0.05, 0.1) is 4.88 Å². The summed E-state index contributed by atoms with van der Waals surface area (Å²) in [4.78, 5) is 19.6. The number of rotatable bonds is 4. The van der Waals surface area contributed by atoms with Crippen LogP contribution < -0.4 is 10.2 Å². The van der Waals surface area contributed by atoms with Gasteiger partial charge >= 0.3 is 0 Å². The summed E-state index contributed by atoms with van der Waals surface area (Å²) in [5.74, 6) is 1.03. The Labute approximate surface area is 135 Å². The zero-order chi connectivity index (χ0) is 15.2. The lowest BCUT2D eigenvalue weighted by Gasteiger charge is -2.21. The molecule has 3 rings (SSSR count). The Bertz CT molecular complexity index is 587. The molecule has 1 fully saturated rings. The van der Waals surface area contributed by atoms with Crippen LogP contribution in [0.4, 0.5) is 5.82 Å². The van der Waals surface area contributed by atoms with E-state index in [1.54, 1.807) is 0 Å². The Kier molecular flexibility index (Phi) is 5.06. The maximum atomic E-state index is 11.9. The van der Waals surface area contributed by atoms with Crippen molar-refractivity contribution in [3.63, 3.8) is 0 Å². The fraction of sp³-hybridized carbons (Fsp3) is 0.412. The largest absolute Gasteiger partial charge is 0.357 e. The third-order valence-corrected chi connectivity index (χ3v) is 4.81. The number of aromatic nitrogens is 1. The summed E-state index contributed by atoms with van der Waals surface area (Å²) < 4.78 is 0. The van der Waals surface area contributed by atoms with E-state index >= 15 is 0 Å². The van der Waals surface area contributed by atoms with E-state index in [2.05, 4.69) is 27.3 Å². The van der Waals surface area contributed by atoms with Crippen LogP contribution in [0.25, 0.3) is 0 Å². The summed E-state index contributed by atoms with van der Waals surface area (Å²) in [6, 6.07) is 7.84. The van der Waals surface area contributed by atoms with Crippen LogP contribution in [0.2, 0.25) is 0 Å². The van der Waals surface area contributed by atoms with Crippen LogP contribution in [0.3, 0.4) is 0 Å². The number of pyridine rings is 1. The zero-order valence-corrected chi connectivity index (χ0v) is 13.4. The van der Waals surface area contributed by atoms with Crippen LogP contribution in [0, 0.1) is 0 Å². The van der Waals surface area contributed by atoms with Crippen LogP contribution in [-0.4, -0.2) is 24.0 Å². The van der Waals surface area contributed by atoms with Gasteiger partial charge in [0, 0.05) is 25.8 Å². The van der Waals surface area contributed by atoms with E-state index in [-0.39, 0.29) is 5.91 Å². The van der Waals surface area contributed by atoms with Crippen molar-refractivity contribution in [3.8, 4) is 0 Å². The average Bonchev–Trinajstić information content (AvgIpc) is 2.96. The first kappa shape index (κ1) is 15.0. The molecule has 1 amide bonds. The summed E-state index contributed by atoms with van der Waals surface area (Å²) in [6.07, 6.45) is 7.02. The van der Waals surface area contributed by atoms with Crippen molar-refractivity contribution < 1.29 is 4.79 Å². The molecule has 1 saturated heterocycles. The van der Waals surface area contributed by atoms with Crippen molar-refractivity contribution in [1.82, 2.24) is 10.3 Å². The molecule has 0 saturated carbocycles. The predicted molar refractivity (Wildman–Crippen MR) is 90.4 cm³/mol. The molecule has 3 heterocycles. The lowest BCUT2D eigenvalue weighted by Crippen LogP contribution is -2.25. The van der Waals surface area contributed by atoms with Gasteiger partial charge in [-0.15, -0.1) is 11.3 Å². The van der Waals surface area contributed by atoms with E-state index in [0.29, 0.717) is 6.54 Å². The van der Waals surface area contributed by atoms with Gasteiger partial charge < -0.3 is 10.2 Å². The second-order valence-corrected chi connectivity index (χ2v) is 6.53. The molecule has 0 aliphatic carbocycles. The first-order chi connectivity index (χ1) is 10.8.